The normalized spacial score (nSPS) is 25.3. The van der Waals surface area contributed by atoms with Crippen molar-refractivity contribution in [1.29, 1.82) is 0 Å². The molecule has 1 aliphatic carbocycles. The van der Waals surface area contributed by atoms with E-state index in [0.717, 1.165) is 0 Å². The predicted molar refractivity (Wildman–Crippen MR) is 59.6 cm³/mol. The van der Waals surface area contributed by atoms with Crippen molar-refractivity contribution in [3.8, 4) is 0 Å². The summed E-state index contributed by atoms with van der Waals surface area (Å²) in [6.45, 7) is 0. The van der Waals surface area contributed by atoms with Crippen LogP contribution in [0.4, 0.5) is 8.78 Å². The number of fused-ring (bicyclic) bond motifs is 1. The molecular formula is C12H10F2N2O2. The zero-order valence-corrected chi connectivity index (χ0v) is 9.52. The molecule has 0 aliphatic heterocycles. The van der Waals surface area contributed by atoms with Crippen molar-refractivity contribution in [3.05, 3.63) is 30.0 Å². The second kappa shape index (κ2) is 3.07. The van der Waals surface area contributed by atoms with Crippen molar-refractivity contribution in [1.82, 2.24) is 9.78 Å². The van der Waals surface area contributed by atoms with Crippen LogP contribution in [0.5, 0.6) is 0 Å². The molecule has 3 rings (SSSR count). The number of aryl methyl sites for hydroxylation is 1. The van der Waals surface area contributed by atoms with E-state index in [9.17, 15) is 18.7 Å². The van der Waals surface area contributed by atoms with E-state index in [1.54, 1.807) is 24.3 Å². The maximum Gasteiger partial charge on any atom is 0.322 e. The zero-order chi connectivity index (χ0) is 13.1. The van der Waals surface area contributed by atoms with Crippen molar-refractivity contribution >= 4 is 16.9 Å². The molecule has 6 heteroatoms. The monoisotopic (exact) mass is 252 g/mol. The van der Waals surface area contributed by atoms with E-state index in [1.165, 1.54) is 11.7 Å². The van der Waals surface area contributed by atoms with Gasteiger partial charge in [-0.1, -0.05) is 18.2 Å². The molecule has 18 heavy (non-hydrogen) atoms. The number of alkyl halides is 2. The number of hydrogen-bond donors (Lipinski definition) is 1. The van der Waals surface area contributed by atoms with E-state index in [2.05, 4.69) is 5.10 Å². The van der Waals surface area contributed by atoms with Gasteiger partial charge in [0.1, 0.15) is 0 Å². The Bertz CT molecular complexity index is 665. The number of carbonyl (C=O) groups is 1. The molecule has 1 aliphatic rings. The Labute approximate surface area is 101 Å². The number of hydrogen-bond acceptors (Lipinski definition) is 2. The highest BCUT2D eigenvalue weighted by molar-refractivity contribution is 5.94. The van der Waals surface area contributed by atoms with E-state index in [1.807, 2.05) is 0 Å². The minimum atomic E-state index is -3.21. The molecule has 1 saturated carbocycles. The summed E-state index contributed by atoms with van der Waals surface area (Å²) < 4.78 is 28.4. The Kier molecular flexibility index (Phi) is 1.90. The molecular weight excluding hydrogens is 242 g/mol. The van der Waals surface area contributed by atoms with Gasteiger partial charge in [0.05, 0.1) is 11.2 Å². The van der Waals surface area contributed by atoms with Gasteiger partial charge in [0.25, 0.3) is 5.92 Å². The molecule has 0 amide bonds. The lowest BCUT2D eigenvalue weighted by atomic mass is 9.98. The number of aromatic nitrogens is 2. The molecule has 1 fully saturated rings. The standard InChI is InChI=1S/C12H10F2N2O2/c1-16-9(7-4-2-3-5-8(7)15-16)11(10(17)18)6-12(11,13)14/h2-5H,6H2,1H3,(H,17,18). The third kappa shape index (κ3) is 1.12. The highest BCUT2D eigenvalue weighted by Gasteiger charge is 2.79. The molecule has 1 aromatic heterocycles. The second-order valence-electron chi connectivity index (χ2n) is 4.58. The quantitative estimate of drug-likeness (QED) is 0.888. The summed E-state index contributed by atoms with van der Waals surface area (Å²) in [7, 11) is 1.49. The second-order valence-corrected chi connectivity index (χ2v) is 4.58. The summed E-state index contributed by atoms with van der Waals surface area (Å²) in [5.41, 5.74) is -1.52. The Balaban J connectivity index is 2.33. The molecule has 1 heterocycles. The van der Waals surface area contributed by atoms with Crippen LogP contribution in [0.15, 0.2) is 24.3 Å². The Morgan fingerprint density at radius 1 is 1.44 bits per heavy atom. The summed E-state index contributed by atoms with van der Waals surface area (Å²) in [5.74, 6) is -4.71. The molecule has 1 unspecified atom stereocenters. The Hall–Kier alpha value is -1.98. The van der Waals surface area contributed by atoms with E-state index in [-0.39, 0.29) is 5.69 Å². The number of halogens is 2. The molecule has 1 aromatic carbocycles. The number of carboxylic acids is 1. The van der Waals surface area contributed by atoms with Crippen molar-refractivity contribution in [2.24, 2.45) is 7.05 Å². The van der Waals surface area contributed by atoms with Gasteiger partial charge in [0.2, 0.25) is 0 Å². The molecule has 2 aromatic rings. The molecule has 0 bridgehead atoms. The maximum atomic E-state index is 13.6. The molecule has 0 saturated heterocycles. The highest BCUT2D eigenvalue weighted by Crippen LogP contribution is 2.62. The largest absolute Gasteiger partial charge is 0.480 e. The Morgan fingerprint density at radius 3 is 2.61 bits per heavy atom. The topological polar surface area (TPSA) is 55.1 Å². The lowest BCUT2D eigenvalue weighted by Crippen LogP contribution is -2.29. The van der Waals surface area contributed by atoms with Gasteiger partial charge in [-0.15, -0.1) is 0 Å². The number of carboxylic acid groups (broad SMARTS) is 1. The summed E-state index contributed by atoms with van der Waals surface area (Å²) in [6, 6.07) is 6.72. The number of rotatable bonds is 2. The number of benzene rings is 1. The summed E-state index contributed by atoms with van der Waals surface area (Å²) >= 11 is 0. The molecule has 1 atom stereocenters. The van der Waals surface area contributed by atoms with Crippen molar-refractivity contribution in [3.63, 3.8) is 0 Å². The minimum Gasteiger partial charge on any atom is -0.480 e. The van der Waals surface area contributed by atoms with E-state index < -0.39 is 23.7 Å². The fraction of sp³-hybridized carbons (Fsp3) is 0.333. The molecule has 94 valence electrons. The van der Waals surface area contributed by atoms with Crippen LogP contribution in [0.25, 0.3) is 10.9 Å². The first-order chi connectivity index (χ1) is 8.40. The van der Waals surface area contributed by atoms with Gasteiger partial charge in [0, 0.05) is 18.9 Å². The fourth-order valence-corrected chi connectivity index (χ4v) is 2.53. The SMILES string of the molecule is Cn1nc2ccccc2c1C1(C(=O)O)CC1(F)F. The van der Waals surface area contributed by atoms with E-state index in [4.69, 9.17) is 0 Å². The summed E-state index contributed by atoms with van der Waals surface area (Å²) in [5, 5.41) is 13.7. The predicted octanol–water partition coefficient (Wildman–Crippen LogP) is 1.93. The average Bonchev–Trinajstić information content (AvgIpc) is 2.72. The fourth-order valence-electron chi connectivity index (χ4n) is 2.53. The first-order valence-corrected chi connectivity index (χ1v) is 5.43. The van der Waals surface area contributed by atoms with Gasteiger partial charge >= 0.3 is 5.97 Å². The number of nitrogens with zero attached hydrogens (tertiary/aromatic N) is 2. The van der Waals surface area contributed by atoms with E-state index >= 15 is 0 Å². The highest BCUT2D eigenvalue weighted by atomic mass is 19.3. The van der Waals surface area contributed by atoms with Gasteiger partial charge in [-0.05, 0) is 6.07 Å². The lowest BCUT2D eigenvalue weighted by Gasteiger charge is -2.12. The van der Waals surface area contributed by atoms with Gasteiger partial charge in [0.15, 0.2) is 5.41 Å². The third-order valence-electron chi connectivity index (χ3n) is 3.50. The molecule has 4 nitrogen and oxygen atoms in total. The lowest BCUT2D eigenvalue weighted by molar-refractivity contribution is -0.143. The van der Waals surface area contributed by atoms with Gasteiger partial charge in [-0.3, -0.25) is 9.48 Å². The smallest absolute Gasteiger partial charge is 0.322 e. The molecule has 0 spiro atoms. The van der Waals surface area contributed by atoms with Crippen LogP contribution in [0.2, 0.25) is 0 Å². The van der Waals surface area contributed by atoms with Gasteiger partial charge in [-0.25, -0.2) is 8.78 Å². The summed E-state index contributed by atoms with van der Waals surface area (Å²) in [6.07, 6.45) is -0.668. The van der Waals surface area contributed by atoms with Crippen LogP contribution >= 0.6 is 0 Å². The molecule has 1 N–H and O–H groups in total. The van der Waals surface area contributed by atoms with Gasteiger partial charge < -0.3 is 5.11 Å². The van der Waals surface area contributed by atoms with Crippen LogP contribution in [-0.2, 0) is 17.3 Å². The zero-order valence-electron chi connectivity index (χ0n) is 9.52. The van der Waals surface area contributed by atoms with Crippen LogP contribution in [0, 0.1) is 0 Å². The average molecular weight is 252 g/mol. The first kappa shape index (κ1) is 11.1. The number of aliphatic carboxylic acids is 1. The van der Waals surface area contributed by atoms with Gasteiger partial charge in [-0.2, -0.15) is 5.10 Å². The van der Waals surface area contributed by atoms with Crippen LogP contribution in [0.3, 0.4) is 0 Å². The van der Waals surface area contributed by atoms with Crippen molar-refractivity contribution < 1.29 is 18.7 Å². The van der Waals surface area contributed by atoms with Crippen LogP contribution < -0.4 is 0 Å². The van der Waals surface area contributed by atoms with Crippen molar-refractivity contribution in [2.75, 3.05) is 0 Å². The Morgan fingerprint density at radius 2 is 2.06 bits per heavy atom. The van der Waals surface area contributed by atoms with Crippen LogP contribution in [-0.4, -0.2) is 26.8 Å². The summed E-state index contributed by atoms with van der Waals surface area (Å²) in [4.78, 5) is 11.3. The van der Waals surface area contributed by atoms with E-state index in [0.29, 0.717) is 10.9 Å². The molecule has 0 radical (unpaired) electrons. The minimum absolute atomic E-state index is 0.0793. The first-order valence-electron chi connectivity index (χ1n) is 5.43. The van der Waals surface area contributed by atoms with Crippen LogP contribution in [0.1, 0.15) is 12.1 Å². The maximum absolute atomic E-state index is 13.6. The third-order valence-corrected chi connectivity index (χ3v) is 3.50. The van der Waals surface area contributed by atoms with Crippen molar-refractivity contribution in [2.45, 2.75) is 17.8 Å².